The van der Waals surface area contributed by atoms with E-state index in [-0.39, 0.29) is 5.75 Å². The van der Waals surface area contributed by atoms with Gasteiger partial charge in [0.1, 0.15) is 11.4 Å². The van der Waals surface area contributed by atoms with Gasteiger partial charge in [0.2, 0.25) is 5.89 Å². The van der Waals surface area contributed by atoms with Gasteiger partial charge in [0, 0.05) is 22.7 Å². The monoisotopic (exact) mass is 302 g/mol. The standard InChI is InChI=1S/C15H12ClN3O2/c16-11-3-1-10(2-4-11)15-19-18-14(21-15)9-17-12-5-7-13(20)8-6-12/h1-8,17,20H,9H2/p+1. The molecule has 0 fully saturated rings. The van der Waals surface area contributed by atoms with Crippen molar-refractivity contribution >= 4 is 17.3 Å². The molecule has 3 rings (SSSR count). The molecule has 0 unspecified atom stereocenters. The maximum Gasteiger partial charge on any atom is 0.271 e. The van der Waals surface area contributed by atoms with Gasteiger partial charge in [-0.15, -0.1) is 10.2 Å². The second-order valence-electron chi connectivity index (χ2n) is 4.51. The SMILES string of the molecule is Oc1ccc([NH2+]Cc2nnc(-c3ccc(Cl)cc3)o2)cc1. The van der Waals surface area contributed by atoms with Gasteiger partial charge in [-0.1, -0.05) is 11.6 Å². The molecule has 3 aromatic rings. The van der Waals surface area contributed by atoms with Crippen LogP contribution in [0, 0.1) is 0 Å². The number of phenols is 1. The van der Waals surface area contributed by atoms with Crippen molar-refractivity contribution in [3.05, 3.63) is 59.4 Å². The number of nitrogens with two attached hydrogens (primary N) is 1. The van der Waals surface area contributed by atoms with E-state index in [4.69, 9.17) is 16.0 Å². The highest BCUT2D eigenvalue weighted by Gasteiger charge is 2.10. The van der Waals surface area contributed by atoms with Crippen LogP contribution < -0.4 is 5.32 Å². The van der Waals surface area contributed by atoms with E-state index in [2.05, 4.69) is 10.2 Å². The second kappa shape index (κ2) is 5.95. The van der Waals surface area contributed by atoms with Gasteiger partial charge < -0.3 is 14.8 Å². The predicted octanol–water partition coefficient (Wildman–Crippen LogP) is 2.49. The Kier molecular flexibility index (Phi) is 3.85. The Hall–Kier alpha value is -2.37. The van der Waals surface area contributed by atoms with Crippen LogP contribution in [0.15, 0.2) is 52.9 Å². The number of rotatable bonds is 4. The molecule has 6 heteroatoms. The largest absolute Gasteiger partial charge is 0.508 e. The molecule has 0 aliphatic carbocycles. The maximum absolute atomic E-state index is 9.23. The van der Waals surface area contributed by atoms with Crippen molar-refractivity contribution in [2.75, 3.05) is 0 Å². The lowest BCUT2D eigenvalue weighted by Gasteiger charge is -1.98. The zero-order chi connectivity index (χ0) is 14.7. The number of hydrogen-bond donors (Lipinski definition) is 2. The Bertz CT molecular complexity index is 723. The minimum Gasteiger partial charge on any atom is -0.508 e. The Morgan fingerprint density at radius 1 is 1.00 bits per heavy atom. The number of aromatic nitrogens is 2. The summed E-state index contributed by atoms with van der Waals surface area (Å²) in [7, 11) is 0. The third-order valence-corrected chi connectivity index (χ3v) is 3.22. The van der Waals surface area contributed by atoms with Gasteiger partial charge in [-0.3, -0.25) is 0 Å². The van der Waals surface area contributed by atoms with E-state index in [1.54, 1.807) is 24.3 Å². The summed E-state index contributed by atoms with van der Waals surface area (Å²) in [4.78, 5) is 0. The number of halogens is 1. The van der Waals surface area contributed by atoms with Gasteiger partial charge in [0.15, 0.2) is 6.54 Å². The smallest absolute Gasteiger partial charge is 0.271 e. The van der Waals surface area contributed by atoms with Crippen LogP contribution in [-0.4, -0.2) is 15.3 Å². The quantitative estimate of drug-likeness (QED) is 0.573. The molecule has 1 heterocycles. The van der Waals surface area contributed by atoms with E-state index >= 15 is 0 Å². The van der Waals surface area contributed by atoms with Gasteiger partial charge in [-0.05, 0) is 36.4 Å². The van der Waals surface area contributed by atoms with Gasteiger partial charge in [-0.2, -0.15) is 0 Å². The molecule has 0 spiro atoms. The fourth-order valence-electron chi connectivity index (χ4n) is 1.86. The van der Waals surface area contributed by atoms with Crippen molar-refractivity contribution in [2.24, 2.45) is 0 Å². The van der Waals surface area contributed by atoms with Gasteiger partial charge in [0.25, 0.3) is 5.89 Å². The topological polar surface area (TPSA) is 75.8 Å². The van der Waals surface area contributed by atoms with Crippen LogP contribution in [0.5, 0.6) is 5.75 Å². The molecular weight excluding hydrogens is 290 g/mol. The normalized spacial score (nSPS) is 10.7. The van der Waals surface area contributed by atoms with Gasteiger partial charge in [-0.25, -0.2) is 0 Å². The maximum atomic E-state index is 9.23. The van der Waals surface area contributed by atoms with Crippen LogP contribution in [0.25, 0.3) is 11.5 Å². The summed E-state index contributed by atoms with van der Waals surface area (Å²) in [6, 6.07) is 14.2. The van der Waals surface area contributed by atoms with Crippen LogP contribution in [-0.2, 0) is 6.54 Å². The lowest BCUT2D eigenvalue weighted by molar-refractivity contribution is -0.591. The number of aromatic hydroxyl groups is 1. The highest BCUT2D eigenvalue weighted by atomic mass is 35.5. The second-order valence-corrected chi connectivity index (χ2v) is 4.94. The van der Waals surface area contributed by atoms with Crippen molar-refractivity contribution in [1.82, 2.24) is 10.2 Å². The Labute approximate surface area is 126 Å². The molecule has 0 aliphatic heterocycles. The van der Waals surface area contributed by atoms with Crippen molar-refractivity contribution in [3.8, 4) is 17.2 Å². The van der Waals surface area contributed by atoms with Crippen molar-refractivity contribution < 1.29 is 14.8 Å². The van der Waals surface area contributed by atoms with E-state index in [1.165, 1.54) is 0 Å². The lowest BCUT2D eigenvalue weighted by Crippen LogP contribution is -2.76. The van der Waals surface area contributed by atoms with E-state index in [1.807, 2.05) is 29.6 Å². The third-order valence-electron chi connectivity index (χ3n) is 2.96. The minimum atomic E-state index is 0.245. The fraction of sp³-hybridized carbons (Fsp3) is 0.0667. The summed E-state index contributed by atoms with van der Waals surface area (Å²) in [5.41, 5.74) is 1.82. The molecule has 0 amide bonds. The number of phenolic OH excluding ortho intramolecular Hbond substituents is 1. The summed E-state index contributed by atoms with van der Waals surface area (Å²) < 4.78 is 5.61. The Balaban J connectivity index is 1.67. The first-order chi connectivity index (χ1) is 10.2. The summed E-state index contributed by atoms with van der Waals surface area (Å²) >= 11 is 5.84. The molecule has 3 N–H and O–H groups in total. The van der Waals surface area contributed by atoms with Crippen molar-refractivity contribution in [2.45, 2.75) is 6.54 Å². The van der Waals surface area contributed by atoms with Crippen LogP contribution in [0.2, 0.25) is 5.02 Å². The fourth-order valence-corrected chi connectivity index (χ4v) is 1.99. The number of hydrogen-bond acceptors (Lipinski definition) is 4. The molecule has 0 saturated carbocycles. The Morgan fingerprint density at radius 2 is 1.71 bits per heavy atom. The Morgan fingerprint density at radius 3 is 2.43 bits per heavy atom. The summed E-state index contributed by atoms with van der Waals surface area (Å²) in [6.45, 7) is 0.533. The zero-order valence-corrected chi connectivity index (χ0v) is 11.8. The van der Waals surface area contributed by atoms with Gasteiger partial charge >= 0.3 is 0 Å². The molecule has 0 bridgehead atoms. The highest BCUT2D eigenvalue weighted by Crippen LogP contribution is 2.20. The average molecular weight is 303 g/mol. The molecule has 2 aromatic carbocycles. The zero-order valence-electron chi connectivity index (χ0n) is 11.0. The minimum absolute atomic E-state index is 0.245. The summed E-state index contributed by atoms with van der Waals surface area (Å²) in [5.74, 6) is 1.25. The van der Waals surface area contributed by atoms with E-state index < -0.39 is 0 Å². The molecule has 106 valence electrons. The lowest BCUT2D eigenvalue weighted by atomic mass is 10.2. The first-order valence-electron chi connectivity index (χ1n) is 6.41. The van der Waals surface area contributed by atoms with Crippen LogP contribution in [0.1, 0.15) is 5.89 Å². The molecule has 0 radical (unpaired) electrons. The number of benzene rings is 2. The predicted molar refractivity (Wildman–Crippen MR) is 78.1 cm³/mol. The third kappa shape index (κ3) is 3.39. The van der Waals surface area contributed by atoms with E-state index in [0.717, 1.165) is 11.3 Å². The number of nitrogens with zero attached hydrogens (tertiary/aromatic N) is 2. The first-order valence-corrected chi connectivity index (χ1v) is 6.79. The molecule has 1 aromatic heterocycles. The highest BCUT2D eigenvalue weighted by molar-refractivity contribution is 6.30. The van der Waals surface area contributed by atoms with E-state index in [9.17, 15) is 5.11 Å². The summed E-state index contributed by atoms with van der Waals surface area (Å²) in [6.07, 6.45) is 0. The van der Waals surface area contributed by atoms with Crippen molar-refractivity contribution in [1.29, 1.82) is 0 Å². The molecule has 5 nitrogen and oxygen atoms in total. The summed E-state index contributed by atoms with van der Waals surface area (Å²) in [5, 5.41) is 19.9. The molecular formula is C15H13ClN3O2+. The van der Waals surface area contributed by atoms with Gasteiger partial charge in [0.05, 0.1) is 0 Å². The van der Waals surface area contributed by atoms with Crippen LogP contribution in [0.4, 0.5) is 5.69 Å². The van der Waals surface area contributed by atoms with Crippen molar-refractivity contribution in [3.63, 3.8) is 0 Å². The first kappa shape index (κ1) is 13.6. The van der Waals surface area contributed by atoms with E-state index in [0.29, 0.717) is 23.3 Å². The number of quaternary nitrogens is 1. The average Bonchev–Trinajstić information content (AvgIpc) is 2.96. The molecule has 0 saturated heterocycles. The molecule has 21 heavy (non-hydrogen) atoms. The molecule has 0 aliphatic rings. The van der Waals surface area contributed by atoms with Crippen LogP contribution in [0.3, 0.4) is 0 Å². The molecule has 0 atom stereocenters. The van der Waals surface area contributed by atoms with Crippen LogP contribution >= 0.6 is 11.6 Å².